The number of nitrogens with zero attached hydrogens (tertiary/aromatic N) is 1. The first-order valence-electron chi connectivity index (χ1n) is 6.25. The number of carbonyl (C=O) groups excluding carboxylic acids is 1. The Morgan fingerprint density at radius 1 is 1.53 bits per heavy atom. The summed E-state index contributed by atoms with van der Waals surface area (Å²) in [5, 5.41) is 0.552. The molecule has 0 aliphatic carbocycles. The fraction of sp³-hybridized carbons (Fsp3) is 0.500. The molecule has 0 amide bonds. The summed E-state index contributed by atoms with van der Waals surface area (Å²) in [6, 6.07) is 5.68. The molecule has 1 aliphatic rings. The zero-order chi connectivity index (χ0) is 12.3. The number of rotatable bonds is 4. The number of anilines is 1. The third-order valence-corrected chi connectivity index (χ3v) is 3.80. The summed E-state index contributed by atoms with van der Waals surface area (Å²) < 4.78 is 0. The molecule has 1 fully saturated rings. The number of halogens is 1. The molecule has 1 saturated heterocycles. The molecule has 1 aliphatic heterocycles. The third-order valence-electron chi connectivity index (χ3n) is 3.47. The highest BCUT2D eigenvalue weighted by Gasteiger charge is 2.23. The molecule has 0 N–H and O–H groups in total. The standard InChI is InChI=1S/C14H18ClNO/c1-2-4-11-7-8-16(9-11)14-6-3-5-13(15)12(14)10-17/h3,5-6,10-11H,2,4,7-9H2,1H3. The molecule has 0 saturated carbocycles. The van der Waals surface area contributed by atoms with Crippen LogP contribution in [-0.4, -0.2) is 19.4 Å². The number of hydrogen-bond donors (Lipinski definition) is 0. The second kappa shape index (κ2) is 5.54. The molecule has 92 valence electrons. The minimum atomic E-state index is 0.552. The van der Waals surface area contributed by atoms with Crippen molar-refractivity contribution in [2.75, 3.05) is 18.0 Å². The van der Waals surface area contributed by atoms with Gasteiger partial charge in [0.2, 0.25) is 0 Å². The Bertz CT molecular complexity index is 405. The summed E-state index contributed by atoms with van der Waals surface area (Å²) in [5.41, 5.74) is 1.62. The van der Waals surface area contributed by atoms with Crippen LogP contribution < -0.4 is 4.90 Å². The molecule has 17 heavy (non-hydrogen) atoms. The van der Waals surface area contributed by atoms with Crippen molar-refractivity contribution >= 4 is 23.6 Å². The van der Waals surface area contributed by atoms with Crippen LogP contribution in [0.4, 0.5) is 5.69 Å². The van der Waals surface area contributed by atoms with E-state index in [1.54, 1.807) is 6.07 Å². The Morgan fingerprint density at radius 3 is 3.06 bits per heavy atom. The van der Waals surface area contributed by atoms with Crippen molar-refractivity contribution in [1.82, 2.24) is 0 Å². The fourth-order valence-corrected chi connectivity index (χ4v) is 2.83. The summed E-state index contributed by atoms with van der Waals surface area (Å²) in [5.74, 6) is 0.762. The molecular formula is C14H18ClNO. The van der Waals surface area contributed by atoms with Crippen LogP contribution >= 0.6 is 11.6 Å². The summed E-state index contributed by atoms with van der Waals surface area (Å²) in [6.07, 6.45) is 4.59. The maximum atomic E-state index is 11.1. The SMILES string of the molecule is CCCC1CCN(c2cccc(Cl)c2C=O)C1. The van der Waals surface area contributed by atoms with Gasteiger partial charge in [0.1, 0.15) is 0 Å². The molecule has 0 spiro atoms. The first-order valence-corrected chi connectivity index (χ1v) is 6.62. The number of carbonyl (C=O) groups is 1. The average Bonchev–Trinajstić information content (AvgIpc) is 2.78. The fourth-order valence-electron chi connectivity index (χ4n) is 2.61. The molecule has 3 heteroatoms. The number of aldehydes is 1. The quantitative estimate of drug-likeness (QED) is 0.759. The maximum absolute atomic E-state index is 11.1. The molecule has 1 aromatic rings. The molecule has 1 heterocycles. The highest BCUT2D eigenvalue weighted by Crippen LogP contribution is 2.31. The molecule has 0 aromatic heterocycles. The van der Waals surface area contributed by atoms with E-state index in [4.69, 9.17) is 11.6 Å². The van der Waals surface area contributed by atoms with Gasteiger partial charge in [0.25, 0.3) is 0 Å². The van der Waals surface area contributed by atoms with Crippen molar-refractivity contribution in [3.05, 3.63) is 28.8 Å². The monoisotopic (exact) mass is 251 g/mol. The van der Waals surface area contributed by atoms with E-state index in [1.807, 2.05) is 12.1 Å². The van der Waals surface area contributed by atoms with Crippen molar-refractivity contribution in [3.8, 4) is 0 Å². The minimum absolute atomic E-state index is 0.552. The smallest absolute Gasteiger partial charge is 0.153 e. The molecule has 0 bridgehead atoms. The van der Waals surface area contributed by atoms with Gasteiger partial charge in [-0.3, -0.25) is 4.79 Å². The lowest BCUT2D eigenvalue weighted by Crippen LogP contribution is -2.21. The lowest BCUT2D eigenvalue weighted by atomic mass is 10.0. The second-order valence-corrected chi connectivity index (χ2v) is 5.09. The van der Waals surface area contributed by atoms with Crippen LogP contribution in [0.15, 0.2) is 18.2 Å². The Balaban J connectivity index is 2.18. The van der Waals surface area contributed by atoms with Gasteiger partial charge in [-0.25, -0.2) is 0 Å². The van der Waals surface area contributed by atoms with Crippen molar-refractivity contribution in [2.24, 2.45) is 5.92 Å². The number of benzene rings is 1. The van der Waals surface area contributed by atoms with E-state index < -0.39 is 0 Å². The lowest BCUT2D eigenvalue weighted by Gasteiger charge is -2.21. The predicted molar refractivity (Wildman–Crippen MR) is 72.1 cm³/mol. The van der Waals surface area contributed by atoms with Crippen LogP contribution in [0.3, 0.4) is 0 Å². The van der Waals surface area contributed by atoms with E-state index in [-0.39, 0.29) is 0 Å². The predicted octanol–water partition coefficient (Wildman–Crippen LogP) is 3.78. The first kappa shape index (κ1) is 12.4. The van der Waals surface area contributed by atoms with E-state index in [2.05, 4.69) is 11.8 Å². The van der Waals surface area contributed by atoms with Crippen LogP contribution in [0.2, 0.25) is 5.02 Å². The molecule has 1 aromatic carbocycles. The Kier molecular flexibility index (Phi) is 4.06. The molecule has 2 nitrogen and oxygen atoms in total. The van der Waals surface area contributed by atoms with Crippen LogP contribution in [0, 0.1) is 5.92 Å². The highest BCUT2D eigenvalue weighted by molar-refractivity contribution is 6.33. The maximum Gasteiger partial charge on any atom is 0.153 e. The van der Waals surface area contributed by atoms with E-state index in [0.717, 1.165) is 31.0 Å². The summed E-state index contributed by atoms with van der Waals surface area (Å²) in [4.78, 5) is 13.4. The second-order valence-electron chi connectivity index (χ2n) is 4.68. The van der Waals surface area contributed by atoms with Crippen LogP contribution in [0.5, 0.6) is 0 Å². The van der Waals surface area contributed by atoms with Gasteiger partial charge in [-0.2, -0.15) is 0 Å². The Hall–Kier alpha value is -1.02. The van der Waals surface area contributed by atoms with Gasteiger partial charge in [0.15, 0.2) is 6.29 Å². The Labute approximate surface area is 108 Å². The lowest BCUT2D eigenvalue weighted by molar-refractivity contribution is 0.112. The zero-order valence-electron chi connectivity index (χ0n) is 10.2. The average molecular weight is 252 g/mol. The van der Waals surface area contributed by atoms with Crippen LogP contribution in [0.1, 0.15) is 36.5 Å². The third kappa shape index (κ3) is 2.63. The zero-order valence-corrected chi connectivity index (χ0v) is 10.9. The topological polar surface area (TPSA) is 20.3 Å². The van der Waals surface area contributed by atoms with Crippen LogP contribution in [0.25, 0.3) is 0 Å². The molecule has 0 radical (unpaired) electrons. The van der Waals surface area contributed by atoms with E-state index in [9.17, 15) is 4.79 Å². The molecule has 1 unspecified atom stereocenters. The van der Waals surface area contributed by atoms with Crippen molar-refractivity contribution in [1.29, 1.82) is 0 Å². The summed E-state index contributed by atoms with van der Waals surface area (Å²) >= 11 is 6.05. The van der Waals surface area contributed by atoms with Crippen molar-refractivity contribution in [3.63, 3.8) is 0 Å². The van der Waals surface area contributed by atoms with Gasteiger partial charge in [0, 0.05) is 18.8 Å². The van der Waals surface area contributed by atoms with Gasteiger partial charge < -0.3 is 4.90 Å². The molecular weight excluding hydrogens is 234 g/mol. The van der Waals surface area contributed by atoms with Crippen molar-refractivity contribution in [2.45, 2.75) is 26.2 Å². The highest BCUT2D eigenvalue weighted by atomic mass is 35.5. The first-order chi connectivity index (χ1) is 8.26. The van der Waals surface area contributed by atoms with Gasteiger partial charge in [-0.05, 0) is 30.9 Å². The summed E-state index contributed by atoms with van der Waals surface area (Å²) in [7, 11) is 0. The van der Waals surface area contributed by atoms with E-state index in [0.29, 0.717) is 10.6 Å². The summed E-state index contributed by atoms with van der Waals surface area (Å²) in [6.45, 7) is 4.31. The number of hydrogen-bond acceptors (Lipinski definition) is 2. The normalized spacial score (nSPS) is 19.6. The minimum Gasteiger partial charge on any atom is -0.371 e. The van der Waals surface area contributed by atoms with Crippen molar-refractivity contribution < 1.29 is 4.79 Å². The van der Waals surface area contributed by atoms with E-state index >= 15 is 0 Å². The molecule has 1 atom stereocenters. The Morgan fingerprint density at radius 2 is 2.35 bits per heavy atom. The van der Waals surface area contributed by atoms with Gasteiger partial charge in [0.05, 0.1) is 10.6 Å². The van der Waals surface area contributed by atoms with Gasteiger partial charge in [-0.1, -0.05) is 31.0 Å². The van der Waals surface area contributed by atoms with Crippen LogP contribution in [-0.2, 0) is 0 Å². The molecule has 2 rings (SSSR count). The largest absolute Gasteiger partial charge is 0.371 e. The van der Waals surface area contributed by atoms with Gasteiger partial charge in [-0.15, -0.1) is 0 Å². The van der Waals surface area contributed by atoms with Gasteiger partial charge >= 0.3 is 0 Å². The van der Waals surface area contributed by atoms with E-state index in [1.165, 1.54) is 19.3 Å².